The number of anilines is 1. The van der Waals surface area contributed by atoms with Gasteiger partial charge in [0.25, 0.3) is 5.69 Å². The number of hydrogen-bond acceptors (Lipinski definition) is 4. The summed E-state index contributed by atoms with van der Waals surface area (Å²) >= 11 is 0. The maximum absolute atomic E-state index is 11.0. The van der Waals surface area contributed by atoms with Crippen LogP contribution in [-0.2, 0) is 4.79 Å². The highest BCUT2D eigenvalue weighted by Gasteiger charge is 2.12. The zero-order chi connectivity index (χ0) is 12.8. The molecule has 0 radical (unpaired) electrons. The van der Waals surface area contributed by atoms with Crippen LogP contribution in [0.15, 0.2) is 18.2 Å². The largest absolute Gasteiger partial charge is 0.491 e. The van der Waals surface area contributed by atoms with Crippen molar-refractivity contribution in [3.63, 3.8) is 0 Å². The predicted molar refractivity (Wildman–Crippen MR) is 63.2 cm³/mol. The first kappa shape index (κ1) is 13.0. The molecule has 0 unspecified atom stereocenters. The minimum Gasteiger partial charge on any atom is -0.491 e. The molecule has 17 heavy (non-hydrogen) atoms. The summed E-state index contributed by atoms with van der Waals surface area (Å²) in [6.45, 7) is 3.73. The summed E-state index contributed by atoms with van der Waals surface area (Å²) in [6, 6.07) is 4.09. The Kier molecular flexibility index (Phi) is 4.45. The predicted octanol–water partition coefficient (Wildman–Crippen LogP) is 2.34. The third-order valence-corrected chi connectivity index (χ3v) is 1.95. The standard InChI is InChI=1S/C11H14N2O4/c1-3-6-17-11-7-9(13(15)16)4-5-10(11)12-8(2)14/h4-5,7H,3,6H2,1-2H3,(H,12,14). The highest BCUT2D eigenvalue weighted by molar-refractivity contribution is 5.90. The fourth-order valence-electron chi connectivity index (χ4n) is 1.25. The van der Waals surface area contributed by atoms with Crippen molar-refractivity contribution in [1.29, 1.82) is 0 Å². The minimum atomic E-state index is -0.504. The molecule has 6 nitrogen and oxygen atoms in total. The average Bonchev–Trinajstić information content (AvgIpc) is 2.26. The first-order valence-electron chi connectivity index (χ1n) is 5.23. The quantitative estimate of drug-likeness (QED) is 0.630. The molecular weight excluding hydrogens is 224 g/mol. The van der Waals surface area contributed by atoms with Crippen LogP contribution in [0.5, 0.6) is 5.75 Å². The summed E-state index contributed by atoms with van der Waals surface area (Å²) in [6.07, 6.45) is 0.780. The zero-order valence-corrected chi connectivity index (χ0v) is 9.73. The number of amides is 1. The molecule has 0 saturated carbocycles. The Labute approximate surface area is 98.7 Å². The van der Waals surface area contributed by atoms with E-state index in [1.165, 1.54) is 25.1 Å². The lowest BCUT2D eigenvalue weighted by molar-refractivity contribution is -0.384. The number of carbonyl (C=O) groups is 1. The fourth-order valence-corrected chi connectivity index (χ4v) is 1.25. The van der Waals surface area contributed by atoms with Gasteiger partial charge in [0.2, 0.25) is 5.91 Å². The molecule has 0 aliphatic rings. The Morgan fingerprint density at radius 1 is 1.53 bits per heavy atom. The van der Waals surface area contributed by atoms with E-state index in [0.717, 1.165) is 6.42 Å². The monoisotopic (exact) mass is 238 g/mol. The van der Waals surface area contributed by atoms with Gasteiger partial charge in [-0.15, -0.1) is 0 Å². The second-order valence-corrected chi connectivity index (χ2v) is 3.47. The lowest BCUT2D eigenvalue weighted by Gasteiger charge is -2.10. The number of rotatable bonds is 5. The Balaban J connectivity index is 3.02. The van der Waals surface area contributed by atoms with Gasteiger partial charge in [0, 0.05) is 13.0 Å². The molecule has 0 spiro atoms. The maximum Gasteiger partial charge on any atom is 0.273 e. The summed E-state index contributed by atoms with van der Waals surface area (Å²) in [5, 5.41) is 13.2. The molecule has 1 N–H and O–H groups in total. The van der Waals surface area contributed by atoms with Crippen molar-refractivity contribution in [3.05, 3.63) is 28.3 Å². The molecule has 1 rings (SSSR count). The van der Waals surface area contributed by atoms with Crippen LogP contribution in [0.25, 0.3) is 0 Å². The molecule has 1 aromatic carbocycles. The van der Waals surface area contributed by atoms with Crippen molar-refractivity contribution < 1.29 is 14.5 Å². The molecule has 1 amide bonds. The number of hydrogen-bond donors (Lipinski definition) is 1. The van der Waals surface area contributed by atoms with Crippen molar-refractivity contribution in [2.45, 2.75) is 20.3 Å². The Morgan fingerprint density at radius 3 is 2.76 bits per heavy atom. The minimum absolute atomic E-state index is 0.0646. The third kappa shape index (κ3) is 3.75. The van der Waals surface area contributed by atoms with Crippen molar-refractivity contribution in [2.75, 3.05) is 11.9 Å². The van der Waals surface area contributed by atoms with Gasteiger partial charge in [0.15, 0.2) is 0 Å². The van der Waals surface area contributed by atoms with Gasteiger partial charge in [-0.3, -0.25) is 14.9 Å². The first-order chi connectivity index (χ1) is 8.04. The summed E-state index contributed by atoms with van der Waals surface area (Å²) in [5.41, 5.74) is 0.377. The lowest BCUT2D eigenvalue weighted by Crippen LogP contribution is -2.08. The van der Waals surface area contributed by atoms with E-state index in [0.29, 0.717) is 18.0 Å². The van der Waals surface area contributed by atoms with E-state index in [2.05, 4.69) is 5.32 Å². The van der Waals surface area contributed by atoms with E-state index in [4.69, 9.17) is 4.74 Å². The number of nitro benzene ring substituents is 1. The van der Waals surface area contributed by atoms with E-state index in [1.807, 2.05) is 6.92 Å². The van der Waals surface area contributed by atoms with Crippen LogP contribution in [0.4, 0.5) is 11.4 Å². The van der Waals surface area contributed by atoms with Gasteiger partial charge >= 0.3 is 0 Å². The molecule has 1 aromatic rings. The maximum atomic E-state index is 11.0. The summed E-state index contributed by atoms with van der Waals surface area (Å²) < 4.78 is 5.36. The SMILES string of the molecule is CCCOc1cc([N+](=O)[O-])ccc1NC(C)=O. The van der Waals surface area contributed by atoms with Gasteiger partial charge in [-0.2, -0.15) is 0 Å². The van der Waals surface area contributed by atoms with Crippen molar-refractivity contribution in [2.24, 2.45) is 0 Å². The summed E-state index contributed by atoms with van der Waals surface area (Å²) in [5.74, 6) is 0.0662. The number of nitrogens with zero attached hydrogens (tertiary/aromatic N) is 1. The van der Waals surface area contributed by atoms with Gasteiger partial charge in [-0.25, -0.2) is 0 Å². The Hall–Kier alpha value is -2.11. The average molecular weight is 238 g/mol. The van der Waals surface area contributed by atoms with Crippen LogP contribution in [-0.4, -0.2) is 17.4 Å². The molecular formula is C11H14N2O4. The highest BCUT2D eigenvalue weighted by atomic mass is 16.6. The van der Waals surface area contributed by atoms with Gasteiger partial charge < -0.3 is 10.1 Å². The number of ether oxygens (including phenoxy) is 1. The van der Waals surface area contributed by atoms with Gasteiger partial charge in [-0.1, -0.05) is 6.92 Å². The molecule has 0 atom stereocenters. The molecule has 92 valence electrons. The van der Waals surface area contributed by atoms with E-state index in [-0.39, 0.29) is 11.6 Å². The molecule has 0 saturated heterocycles. The van der Waals surface area contributed by atoms with Crippen molar-refractivity contribution in [3.8, 4) is 5.75 Å². The van der Waals surface area contributed by atoms with Crippen molar-refractivity contribution in [1.82, 2.24) is 0 Å². The van der Waals surface area contributed by atoms with Crippen LogP contribution in [0.3, 0.4) is 0 Å². The number of nitro groups is 1. The first-order valence-corrected chi connectivity index (χ1v) is 5.23. The van der Waals surface area contributed by atoms with E-state index in [1.54, 1.807) is 0 Å². The fraction of sp³-hybridized carbons (Fsp3) is 0.364. The Bertz CT molecular complexity index is 431. The lowest BCUT2D eigenvalue weighted by atomic mass is 10.2. The molecule has 0 aromatic heterocycles. The van der Waals surface area contributed by atoms with E-state index in [9.17, 15) is 14.9 Å². The van der Waals surface area contributed by atoms with Gasteiger partial charge in [0.1, 0.15) is 5.75 Å². The third-order valence-electron chi connectivity index (χ3n) is 1.95. The molecule has 0 bridgehead atoms. The highest BCUT2D eigenvalue weighted by Crippen LogP contribution is 2.29. The number of carbonyl (C=O) groups excluding carboxylic acids is 1. The molecule has 0 heterocycles. The molecule has 0 aliphatic carbocycles. The van der Waals surface area contributed by atoms with Crippen LogP contribution in [0.2, 0.25) is 0 Å². The smallest absolute Gasteiger partial charge is 0.273 e. The van der Waals surface area contributed by atoms with Crippen LogP contribution in [0, 0.1) is 10.1 Å². The summed E-state index contributed by atoms with van der Waals surface area (Å²) in [7, 11) is 0. The normalized spacial score (nSPS) is 9.76. The van der Waals surface area contributed by atoms with Crippen molar-refractivity contribution >= 4 is 17.3 Å². The van der Waals surface area contributed by atoms with Gasteiger partial charge in [0.05, 0.1) is 23.3 Å². The molecule has 0 fully saturated rings. The van der Waals surface area contributed by atoms with Gasteiger partial charge in [-0.05, 0) is 12.5 Å². The van der Waals surface area contributed by atoms with Crippen LogP contribution in [0.1, 0.15) is 20.3 Å². The Morgan fingerprint density at radius 2 is 2.24 bits per heavy atom. The summed E-state index contributed by atoms with van der Waals surface area (Å²) in [4.78, 5) is 21.1. The second kappa shape index (κ2) is 5.83. The topological polar surface area (TPSA) is 81.5 Å². The zero-order valence-electron chi connectivity index (χ0n) is 9.73. The molecule has 6 heteroatoms. The number of non-ortho nitro benzene ring substituents is 1. The van der Waals surface area contributed by atoms with E-state index >= 15 is 0 Å². The number of nitrogens with one attached hydrogen (secondary N) is 1. The number of benzene rings is 1. The van der Waals surface area contributed by atoms with Crippen LogP contribution < -0.4 is 10.1 Å². The van der Waals surface area contributed by atoms with E-state index < -0.39 is 4.92 Å². The van der Waals surface area contributed by atoms with Crippen LogP contribution >= 0.6 is 0 Å². The molecule has 0 aliphatic heterocycles. The second-order valence-electron chi connectivity index (χ2n) is 3.47.